The minimum atomic E-state index is -0.332. The van der Waals surface area contributed by atoms with Gasteiger partial charge in [0.05, 0.1) is 4.92 Å². The monoisotopic (exact) mass is 230 g/mol. The number of hydrogen-bond acceptors (Lipinski definition) is 2. The van der Waals surface area contributed by atoms with E-state index in [1.165, 1.54) is 0 Å². The van der Waals surface area contributed by atoms with E-state index in [9.17, 15) is 10.1 Å². The van der Waals surface area contributed by atoms with E-state index in [1.807, 2.05) is 43.5 Å². The number of nitrogens with zero attached hydrogens (tertiary/aromatic N) is 2. The maximum absolute atomic E-state index is 11.1. The van der Waals surface area contributed by atoms with Crippen LogP contribution in [-0.2, 0) is 0 Å². The van der Waals surface area contributed by atoms with Crippen LogP contribution in [0.1, 0.15) is 17.0 Å². The molecule has 0 radical (unpaired) electrons. The van der Waals surface area contributed by atoms with Crippen LogP contribution in [0.15, 0.2) is 30.3 Å². The van der Waals surface area contributed by atoms with Crippen LogP contribution in [0.25, 0.3) is 5.69 Å². The minimum Gasteiger partial charge on any atom is -0.313 e. The van der Waals surface area contributed by atoms with Gasteiger partial charge < -0.3 is 4.57 Å². The van der Waals surface area contributed by atoms with Crippen molar-refractivity contribution in [3.05, 3.63) is 57.4 Å². The molecule has 1 aromatic carbocycles. The summed E-state index contributed by atoms with van der Waals surface area (Å²) in [5.41, 5.74) is 3.65. The van der Waals surface area contributed by atoms with E-state index in [0.29, 0.717) is 5.69 Å². The second-order valence-electron chi connectivity index (χ2n) is 4.20. The van der Waals surface area contributed by atoms with E-state index < -0.39 is 0 Å². The minimum absolute atomic E-state index is 0.146. The molecule has 4 heteroatoms. The lowest BCUT2D eigenvalue weighted by molar-refractivity contribution is -0.384. The molecular weight excluding hydrogens is 216 g/mol. The first-order valence-electron chi connectivity index (χ1n) is 5.41. The van der Waals surface area contributed by atoms with Crippen LogP contribution in [-0.4, -0.2) is 9.49 Å². The van der Waals surface area contributed by atoms with Crippen molar-refractivity contribution < 1.29 is 4.92 Å². The lowest BCUT2D eigenvalue weighted by atomic mass is 10.2. The van der Waals surface area contributed by atoms with Crippen molar-refractivity contribution in [3.63, 3.8) is 0 Å². The zero-order chi connectivity index (χ0) is 12.6. The number of hydrogen-bond donors (Lipinski definition) is 0. The lowest BCUT2D eigenvalue weighted by Gasteiger charge is -2.10. The van der Waals surface area contributed by atoms with Gasteiger partial charge in [-0.3, -0.25) is 10.1 Å². The van der Waals surface area contributed by atoms with E-state index in [-0.39, 0.29) is 10.6 Å². The molecule has 0 bridgehead atoms. The smallest absolute Gasteiger partial charge is 0.293 e. The Balaban J connectivity index is 2.71. The molecule has 0 aliphatic heterocycles. The molecule has 0 atom stereocenters. The Bertz CT molecular complexity index is 566. The molecule has 4 nitrogen and oxygen atoms in total. The molecule has 0 aliphatic rings. The Morgan fingerprint density at radius 3 is 2.18 bits per heavy atom. The third-order valence-corrected chi connectivity index (χ3v) is 2.84. The summed E-state index contributed by atoms with van der Waals surface area (Å²) in [5.74, 6) is 0. The molecule has 88 valence electrons. The van der Waals surface area contributed by atoms with Gasteiger partial charge in [-0.25, -0.2) is 0 Å². The highest BCUT2D eigenvalue weighted by atomic mass is 16.6. The molecule has 0 N–H and O–H groups in total. The van der Waals surface area contributed by atoms with Crippen molar-refractivity contribution in [2.24, 2.45) is 0 Å². The van der Waals surface area contributed by atoms with Gasteiger partial charge >= 0.3 is 0 Å². The quantitative estimate of drug-likeness (QED) is 0.587. The van der Waals surface area contributed by atoms with Gasteiger partial charge in [-0.05, 0) is 44.5 Å². The van der Waals surface area contributed by atoms with Crippen LogP contribution >= 0.6 is 0 Å². The Morgan fingerprint density at radius 2 is 1.65 bits per heavy atom. The maximum Gasteiger partial charge on any atom is 0.293 e. The predicted molar refractivity (Wildman–Crippen MR) is 66.6 cm³/mol. The summed E-state index contributed by atoms with van der Waals surface area (Å²) in [6.07, 6.45) is 0. The van der Waals surface area contributed by atoms with Crippen molar-refractivity contribution in [2.75, 3.05) is 0 Å². The predicted octanol–water partition coefficient (Wildman–Crippen LogP) is 3.31. The van der Waals surface area contributed by atoms with Crippen molar-refractivity contribution in [3.8, 4) is 5.69 Å². The van der Waals surface area contributed by atoms with Crippen LogP contribution in [0.2, 0.25) is 0 Å². The molecular formula is C13H14N2O2. The van der Waals surface area contributed by atoms with Crippen LogP contribution in [0.3, 0.4) is 0 Å². The Hall–Kier alpha value is -2.10. The summed E-state index contributed by atoms with van der Waals surface area (Å²) in [6, 6.07) is 9.21. The fourth-order valence-electron chi connectivity index (χ4n) is 2.02. The molecule has 1 aromatic heterocycles. The molecule has 0 fully saturated rings. The number of nitro groups is 1. The molecule has 0 aliphatic carbocycles. The second-order valence-corrected chi connectivity index (χ2v) is 4.20. The van der Waals surface area contributed by atoms with E-state index in [2.05, 4.69) is 0 Å². The Labute approximate surface area is 99.7 Å². The Morgan fingerprint density at radius 1 is 1.06 bits per heavy atom. The number of nitro benzene ring substituents is 1. The normalized spacial score (nSPS) is 10.5. The maximum atomic E-state index is 11.1. The number of aromatic nitrogens is 1. The molecule has 2 rings (SSSR count). The largest absolute Gasteiger partial charge is 0.313 e. The average Bonchev–Trinajstić information content (AvgIpc) is 2.59. The molecule has 0 saturated heterocycles. The first-order chi connectivity index (χ1) is 8.00. The summed E-state index contributed by atoms with van der Waals surface area (Å²) >= 11 is 0. The summed E-state index contributed by atoms with van der Waals surface area (Å²) in [7, 11) is 0. The van der Waals surface area contributed by atoms with Crippen molar-refractivity contribution in [1.82, 2.24) is 4.57 Å². The van der Waals surface area contributed by atoms with Gasteiger partial charge in [0, 0.05) is 17.5 Å². The highest BCUT2D eigenvalue weighted by molar-refractivity contribution is 5.56. The summed E-state index contributed by atoms with van der Waals surface area (Å²) in [4.78, 5) is 10.8. The second kappa shape index (κ2) is 4.05. The average molecular weight is 230 g/mol. The molecule has 0 amide bonds. The van der Waals surface area contributed by atoms with E-state index >= 15 is 0 Å². The van der Waals surface area contributed by atoms with Gasteiger partial charge in [0.25, 0.3) is 5.69 Å². The van der Waals surface area contributed by atoms with Gasteiger partial charge in [-0.1, -0.05) is 6.07 Å². The van der Waals surface area contributed by atoms with Crippen molar-refractivity contribution in [2.45, 2.75) is 20.8 Å². The third-order valence-electron chi connectivity index (χ3n) is 2.84. The fourth-order valence-corrected chi connectivity index (χ4v) is 2.02. The number of aryl methyl sites for hydroxylation is 3. The molecule has 2 aromatic rings. The third kappa shape index (κ3) is 1.93. The number of benzene rings is 1. The molecule has 0 saturated carbocycles. The Kier molecular flexibility index (Phi) is 2.71. The first kappa shape index (κ1) is 11.4. The zero-order valence-corrected chi connectivity index (χ0v) is 10.1. The van der Waals surface area contributed by atoms with Crippen LogP contribution in [0.5, 0.6) is 0 Å². The van der Waals surface area contributed by atoms with Gasteiger partial charge in [0.2, 0.25) is 0 Å². The molecule has 0 unspecified atom stereocenters. The lowest BCUT2D eigenvalue weighted by Crippen LogP contribution is -2.03. The highest BCUT2D eigenvalue weighted by Gasteiger charge is 2.17. The van der Waals surface area contributed by atoms with Gasteiger partial charge in [0.1, 0.15) is 5.69 Å². The van der Waals surface area contributed by atoms with Crippen LogP contribution in [0, 0.1) is 30.9 Å². The topological polar surface area (TPSA) is 48.1 Å². The van der Waals surface area contributed by atoms with Gasteiger partial charge in [0.15, 0.2) is 0 Å². The summed E-state index contributed by atoms with van der Waals surface area (Å²) < 4.78 is 1.90. The van der Waals surface area contributed by atoms with Crippen LogP contribution < -0.4 is 0 Å². The van der Waals surface area contributed by atoms with Gasteiger partial charge in [-0.15, -0.1) is 0 Å². The van der Waals surface area contributed by atoms with Crippen molar-refractivity contribution in [1.29, 1.82) is 0 Å². The van der Waals surface area contributed by atoms with E-state index in [1.54, 1.807) is 12.1 Å². The summed E-state index contributed by atoms with van der Waals surface area (Å²) in [6.45, 7) is 5.74. The fraction of sp³-hybridized carbons (Fsp3) is 0.231. The zero-order valence-electron chi connectivity index (χ0n) is 10.1. The molecule has 1 heterocycles. The van der Waals surface area contributed by atoms with Crippen LogP contribution in [0.4, 0.5) is 5.69 Å². The molecule has 0 spiro atoms. The SMILES string of the molecule is Cc1ccc(-n2c(C)ccc2C)c([N+](=O)[O-])c1. The van der Waals surface area contributed by atoms with Crippen molar-refractivity contribution >= 4 is 5.69 Å². The van der Waals surface area contributed by atoms with E-state index in [4.69, 9.17) is 0 Å². The highest BCUT2D eigenvalue weighted by Crippen LogP contribution is 2.27. The first-order valence-corrected chi connectivity index (χ1v) is 5.41. The van der Waals surface area contributed by atoms with Gasteiger partial charge in [-0.2, -0.15) is 0 Å². The molecule has 17 heavy (non-hydrogen) atoms. The summed E-state index contributed by atoms with van der Waals surface area (Å²) in [5, 5.41) is 11.1. The standard InChI is InChI=1S/C13H14N2O2/c1-9-4-7-12(13(8-9)15(16)17)14-10(2)5-6-11(14)3/h4-8H,1-3H3. The number of rotatable bonds is 2. The van der Waals surface area contributed by atoms with E-state index in [0.717, 1.165) is 17.0 Å².